The number of hydrogen-bond acceptors (Lipinski definition) is 7. The van der Waals surface area contributed by atoms with Gasteiger partial charge in [-0.2, -0.15) is 4.31 Å². The second kappa shape index (κ2) is 9.56. The molecule has 9 nitrogen and oxygen atoms in total. The Morgan fingerprint density at radius 2 is 1.88 bits per heavy atom. The zero-order valence-electron chi connectivity index (χ0n) is 18.9. The molecule has 178 valence electrons. The Labute approximate surface area is 193 Å². The molecule has 2 aromatic rings. The van der Waals surface area contributed by atoms with Crippen molar-refractivity contribution in [1.82, 2.24) is 4.31 Å². The molecule has 1 N–H and O–H groups in total. The van der Waals surface area contributed by atoms with Crippen LogP contribution in [0.2, 0.25) is 0 Å². The highest BCUT2D eigenvalue weighted by molar-refractivity contribution is 7.89. The summed E-state index contributed by atoms with van der Waals surface area (Å²) in [6.45, 7) is 6.25. The number of nitrogens with zero attached hydrogens (tertiary/aromatic N) is 2. The molecule has 33 heavy (non-hydrogen) atoms. The van der Waals surface area contributed by atoms with E-state index in [2.05, 4.69) is 23.2 Å². The van der Waals surface area contributed by atoms with Crippen LogP contribution in [-0.4, -0.2) is 57.4 Å². The van der Waals surface area contributed by atoms with Crippen molar-refractivity contribution in [2.24, 2.45) is 5.92 Å². The first-order valence-corrected chi connectivity index (χ1v) is 12.7. The van der Waals surface area contributed by atoms with Gasteiger partial charge in [-0.25, -0.2) is 13.2 Å². The average molecular weight is 476 g/mol. The Hall–Kier alpha value is -2.85. The van der Waals surface area contributed by atoms with Crippen molar-refractivity contribution >= 4 is 33.3 Å². The number of hydrogen-bond donors (Lipinski definition) is 1. The maximum atomic E-state index is 12.9. The summed E-state index contributed by atoms with van der Waals surface area (Å²) in [5.74, 6) is -1.24. The van der Waals surface area contributed by atoms with Crippen molar-refractivity contribution in [3.8, 4) is 0 Å². The standard InChI is InChI=1S/C23H29N3O6S/c1-3-25-12-9-16-5-6-18(15-19(16)25)24-22(27)17-10-13-26(14-11-17)33(29,30)21-8-7-20(32-21)23(28)31-4-2/h5-8,15,17H,3-4,9-14H2,1-2H3,(H,24,27). The van der Waals surface area contributed by atoms with Gasteiger partial charge in [0.05, 0.1) is 6.61 Å². The fourth-order valence-electron chi connectivity index (χ4n) is 4.35. The normalized spacial score (nSPS) is 17.1. The SMILES string of the molecule is CCOC(=O)c1ccc(S(=O)(=O)N2CCC(C(=O)Nc3ccc4c(c3)N(CC)CC4)CC2)o1. The van der Waals surface area contributed by atoms with Gasteiger partial charge in [0.1, 0.15) is 0 Å². The van der Waals surface area contributed by atoms with E-state index < -0.39 is 16.0 Å². The van der Waals surface area contributed by atoms with E-state index in [0.717, 1.165) is 30.9 Å². The third-order valence-electron chi connectivity index (χ3n) is 6.20. The predicted molar refractivity (Wildman–Crippen MR) is 123 cm³/mol. The lowest BCUT2D eigenvalue weighted by Crippen LogP contribution is -2.41. The zero-order chi connectivity index (χ0) is 23.6. The highest BCUT2D eigenvalue weighted by Gasteiger charge is 2.34. The summed E-state index contributed by atoms with van der Waals surface area (Å²) in [5, 5.41) is 2.70. The maximum Gasteiger partial charge on any atom is 0.374 e. The van der Waals surface area contributed by atoms with Crippen molar-refractivity contribution in [3.05, 3.63) is 41.7 Å². The Bertz CT molecular complexity index is 1130. The second-order valence-corrected chi connectivity index (χ2v) is 10.0. The molecule has 0 unspecified atom stereocenters. The van der Waals surface area contributed by atoms with Crippen LogP contribution >= 0.6 is 0 Å². The van der Waals surface area contributed by atoms with Crippen molar-refractivity contribution in [3.63, 3.8) is 0 Å². The molecule has 1 saturated heterocycles. The summed E-state index contributed by atoms with van der Waals surface area (Å²) in [6.07, 6.45) is 1.83. The molecule has 0 saturated carbocycles. The lowest BCUT2D eigenvalue weighted by Gasteiger charge is -2.29. The van der Waals surface area contributed by atoms with Crippen molar-refractivity contribution in [1.29, 1.82) is 0 Å². The van der Waals surface area contributed by atoms with E-state index in [1.54, 1.807) is 6.92 Å². The van der Waals surface area contributed by atoms with Gasteiger partial charge in [0, 0.05) is 43.5 Å². The van der Waals surface area contributed by atoms with Crippen LogP contribution in [0.15, 0.2) is 39.8 Å². The number of likely N-dealkylation sites (N-methyl/N-ethyl adjacent to an activating group) is 1. The largest absolute Gasteiger partial charge is 0.460 e. The van der Waals surface area contributed by atoms with Crippen LogP contribution in [0.1, 0.15) is 42.8 Å². The summed E-state index contributed by atoms with van der Waals surface area (Å²) in [4.78, 5) is 26.9. The first-order valence-electron chi connectivity index (χ1n) is 11.3. The number of anilines is 2. The number of ether oxygens (including phenoxy) is 1. The van der Waals surface area contributed by atoms with E-state index >= 15 is 0 Å². The monoisotopic (exact) mass is 475 g/mol. The molecule has 3 heterocycles. The van der Waals surface area contributed by atoms with Gasteiger partial charge >= 0.3 is 5.97 Å². The minimum atomic E-state index is -3.89. The van der Waals surface area contributed by atoms with E-state index in [9.17, 15) is 18.0 Å². The number of benzene rings is 1. The molecule has 4 rings (SSSR count). The van der Waals surface area contributed by atoms with Gasteiger partial charge in [-0.05, 0) is 62.9 Å². The topological polar surface area (TPSA) is 109 Å². The molecule has 2 aliphatic rings. The van der Waals surface area contributed by atoms with Crippen LogP contribution in [0, 0.1) is 5.92 Å². The van der Waals surface area contributed by atoms with Crippen molar-refractivity contribution in [2.75, 3.05) is 43.0 Å². The quantitative estimate of drug-likeness (QED) is 0.613. The third-order valence-corrected chi connectivity index (χ3v) is 7.98. The summed E-state index contributed by atoms with van der Waals surface area (Å²) < 4.78 is 37.1. The minimum absolute atomic E-state index is 0.101. The van der Waals surface area contributed by atoms with E-state index in [4.69, 9.17) is 9.15 Å². The Kier molecular flexibility index (Phi) is 6.76. The Balaban J connectivity index is 1.36. The maximum absolute atomic E-state index is 12.9. The molecule has 0 atom stereocenters. The van der Waals surface area contributed by atoms with Gasteiger partial charge in [0.2, 0.25) is 16.8 Å². The number of rotatable bonds is 7. The third kappa shape index (κ3) is 4.77. The summed E-state index contributed by atoms with van der Waals surface area (Å²) in [7, 11) is -3.89. The molecular weight excluding hydrogens is 446 g/mol. The number of carbonyl (C=O) groups is 2. The van der Waals surface area contributed by atoms with Gasteiger partial charge in [0.25, 0.3) is 10.0 Å². The molecule has 1 aromatic heterocycles. The van der Waals surface area contributed by atoms with Gasteiger partial charge in [0.15, 0.2) is 0 Å². The Morgan fingerprint density at radius 3 is 2.58 bits per heavy atom. The van der Waals surface area contributed by atoms with Crippen LogP contribution in [0.3, 0.4) is 0 Å². The average Bonchev–Trinajstić information content (AvgIpc) is 3.47. The molecule has 0 radical (unpaired) electrons. The van der Waals surface area contributed by atoms with Gasteiger partial charge in [-0.15, -0.1) is 0 Å². The number of nitrogens with one attached hydrogen (secondary N) is 1. The molecule has 2 aliphatic heterocycles. The molecule has 0 bridgehead atoms. The number of fused-ring (bicyclic) bond motifs is 1. The van der Waals surface area contributed by atoms with Crippen LogP contribution < -0.4 is 10.2 Å². The fraction of sp³-hybridized carbons (Fsp3) is 0.478. The molecular formula is C23H29N3O6S. The van der Waals surface area contributed by atoms with Crippen LogP contribution in [0.25, 0.3) is 0 Å². The lowest BCUT2D eigenvalue weighted by molar-refractivity contribution is -0.120. The zero-order valence-corrected chi connectivity index (χ0v) is 19.7. The van der Waals surface area contributed by atoms with E-state index in [-0.39, 0.29) is 42.4 Å². The first kappa shape index (κ1) is 23.3. The van der Waals surface area contributed by atoms with Crippen molar-refractivity contribution in [2.45, 2.75) is 38.2 Å². The predicted octanol–water partition coefficient (Wildman–Crippen LogP) is 2.88. The van der Waals surface area contributed by atoms with Crippen LogP contribution in [0.5, 0.6) is 0 Å². The highest BCUT2D eigenvalue weighted by Crippen LogP contribution is 2.31. The van der Waals surface area contributed by atoms with E-state index in [0.29, 0.717) is 12.8 Å². The summed E-state index contributed by atoms with van der Waals surface area (Å²) >= 11 is 0. The van der Waals surface area contributed by atoms with E-state index in [1.807, 2.05) is 12.1 Å². The van der Waals surface area contributed by atoms with Gasteiger partial charge in [-0.1, -0.05) is 6.07 Å². The molecule has 1 fully saturated rings. The number of sulfonamides is 1. The van der Waals surface area contributed by atoms with Crippen molar-refractivity contribution < 1.29 is 27.2 Å². The lowest BCUT2D eigenvalue weighted by atomic mass is 9.97. The Morgan fingerprint density at radius 1 is 1.12 bits per heavy atom. The second-order valence-electron chi connectivity index (χ2n) is 8.18. The number of furan rings is 1. The molecule has 1 amide bonds. The summed E-state index contributed by atoms with van der Waals surface area (Å²) in [6, 6.07) is 8.55. The van der Waals surface area contributed by atoms with Crippen LogP contribution in [-0.2, 0) is 26.0 Å². The number of esters is 1. The highest BCUT2D eigenvalue weighted by atomic mass is 32.2. The fourth-order valence-corrected chi connectivity index (χ4v) is 5.73. The number of piperidine rings is 1. The molecule has 0 aliphatic carbocycles. The number of carbonyl (C=O) groups excluding carboxylic acids is 2. The van der Waals surface area contributed by atoms with Crippen LogP contribution in [0.4, 0.5) is 11.4 Å². The molecule has 1 aromatic carbocycles. The summed E-state index contributed by atoms with van der Waals surface area (Å²) in [5.41, 5.74) is 3.21. The van der Waals surface area contributed by atoms with Gasteiger partial charge < -0.3 is 19.4 Å². The molecule has 10 heteroatoms. The van der Waals surface area contributed by atoms with E-state index in [1.165, 1.54) is 22.0 Å². The number of amides is 1. The smallest absolute Gasteiger partial charge is 0.374 e. The first-order chi connectivity index (χ1) is 15.8. The molecule has 0 spiro atoms. The minimum Gasteiger partial charge on any atom is -0.460 e. The van der Waals surface area contributed by atoms with Gasteiger partial charge in [-0.3, -0.25) is 4.79 Å².